The van der Waals surface area contributed by atoms with E-state index >= 15 is 0 Å². The summed E-state index contributed by atoms with van der Waals surface area (Å²) < 4.78 is 44.0. The Labute approximate surface area is 180 Å². The van der Waals surface area contributed by atoms with Gasteiger partial charge in [-0.15, -0.1) is 11.3 Å². The Morgan fingerprint density at radius 2 is 2.00 bits per heavy atom. The van der Waals surface area contributed by atoms with Gasteiger partial charge in [-0.05, 0) is 49.6 Å². The number of pyridine rings is 1. The number of aromatic nitrogens is 1. The van der Waals surface area contributed by atoms with Crippen molar-refractivity contribution in [3.8, 4) is 0 Å². The van der Waals surface area contributed by atoms with E-state index in [1.165, 1.54) is 6.07 Å². The zero-order valence-electron chi connectivity index (χ0n) is 16.7. The minimum atomic E-state index is -4.53. The highest BCUT2D eigenvalue weighted by Crippen LogP contribution is 2.35. The van der Waals surface area contributed by atoms with E-state index in [9.17, 15) is 22.8 Å². The Kier molecular flexibility index (Phi) is 5.74. The average molecular weight is 451 g/mol. The van der Waals surface area contributed by atoms with Crippen LogP contribution in [0, 0.1) is 12.8 Å². The van der Waals surface area contributed by atoms with Crippen molar-refractivity contribution >= 4 is 33.4 Å². The molecule has 0 aromatic carbocycles. The number of thiophene rings is 1. The second kappa shape index (κ2) is 8.33. The average Bonchev–Trinajstić information content (AvgIpc) is 3.39. The molecule has 10 heteroatoms. The first-order valence-corrected chi connectivity index (χ1v) is 10.6. The quantitative estimate of drug-likeness (QED) is 0.639. The van der Waals surface area contributed by atoms with Gasteiger partial charge in [0, 0.05) is 24.4 Å². The van der Waals surface area contributed by atoms with Crippen LogP contribution in [0.3, 0.4) is 0 Å². The van der Waals surface area contributed by atoms with Gasteiger partial charge in [0.25, 0.3) is 5.91 Å². The lowest BCUT2D eigenvalue weighted by Gasteiger charge is -2.31. The number of piperidine rings is 1. The van der Waals surface area contributed by atoms with E-state index in [0.717, 1.165) is 17.4 Å². The number of hydrogen-bond donors (Lipinski definition) is 1. The fraction of sp³-hybridized carbons (Fsp3) is 0.381. The van der Waals surface area contributed by atoms with Gasteiger partial charge in [-0.3, -0.25) is 9.59 Å². The van der Waals surface area contributed by atoms with Crippen LogP contribution in [0.5, 0.6) is 0 Å². The first-order chi connectivity index (χ1) is 14.7. The van der Waals surface area contributed by atoms with Gasteiger partial charge in [0.2, 0.25) is 5.91 Å². The lowest BCUT2D eigenvalue weighted by Crippen LogP contribution is -2.42. The molecular weight excluding hydrogens is 431 g/mol. The number of likely N-dealkylation sites (tertiary alicyclic amines) is 1. The number of alkyl halides is 3. The number of carbonyl (C=O) groups is 2. The molecule has 1 N–H and O–H groups in total. The molecule has 0 aliphatic carbocycles. The van der Waals surface area contributed by atoms with Gasteiger partial charge in [-0.1, -0.05) is 0 Å². The summed E-state index contributed by atoms with van der Waals surface area (Å²) in [6.07, 6.45) is -1.94. The Balaban J connectivity index is 1.40. The van der Waals surface area contributed by atoms with E-state index in [1.54, 1.807) is 30.2 Å². The molecule has 6 nitrogen and oxygen atoms in total. The molecule has 0 bridgehead atoms. The van der Waals surface area contributed by atoms with Crippen molar-refractivity contribution in [2.24, 2.45) is 5.92 Å². The number of aryl methyl sites for hydroxylation is 1. The maximum absolute atomic E-state index is 13.0. The van der Waals surface area contributed by atoms with Crippen LogP contribution in [0.1, 0.15) is 39.5 Å². The van der Waals surface area contributed by atoms with Crippen LogP contribution in [-0.4, -0.2) is 34.8 Å². The van der Waals surface area contributed by atoms with Gasteiger partial charge in [0.15, 0.2) is 0 Å². The summed E-state index contributed by atoms with van der Waals surface area (Å²) in [5, 5.41) is 3.39. The van der Waals surface area contributed by atoms with Crippen molar-refractivity contribution in [1.82, 2.24) is 15.2 Å². The number of nitrogens with one attached hydrogen (secondary N) is 1. The smallest absolute Gasteiger partial charge is 0.433 e. The fourth-order valence-electron chi connectivity index (χ4n) is 3.68. The number of hydrogen-bond acceptors (Lipinski definition) is 5. The van der Waals surface area contributed by atoms with Crippen LogP contribution in [0.25, 0.3) is 10.2 Å². The van der Waals surface area contributed by atoms with Crippen molar-refractivity contribution in [3.05, 3.63) is 52.4 Å². The molecule has 0 spiro atoms. The normalized spacial score (nSPS) is 15.4. The lowest BCUT2D eigenvalue weighted by atomic mass is 9.95. The Morgan fingerprint density at radius 3 is 2.65 bits per heavy atom. The van der Waals surface area contributed by atoms with Gasteiger partial charge in [-0.2, -0.15) is 13.2 Å². The topological polar surface area (TPSA) is 75.4 Å². The Bertz CT molecular complexity index is 1100. The maximum atomic E-state index is 13.0. The number of rotatable bonds is 4. The molecular formula is C21H20F3N3O3S. The molecule has 1 aliphatic rings. The van der Waals surface area contributed by atoms with Gasteiger partial charge < -0.3 is 14.6 Å². The predicted octanol–water partition coefficient (Wildman–Crippen LogP) is 4.39. The van der Waals surface area contributed by atoms with Crippen molar-refractivity contribution in [2.75, 3.05) is 13.1 Å². The second-order valence-corrected chi connectivity index (χ2v) is 8.47. The molecule has 1 fully saturated rings. The number of furan rings is 1. The summed E-state index contributed by atoms with van der Waals surface area (Å²) in [6.45, 7) is 2.86. The zero-order chi connectivity index (χ0) is 22.2. The molecule has 1 aliphatic heterocycles. The standard InChI is InChI=1S/C21H20F3N3O3S/c1-12-15-4-5-16(21(22,23)24)26-19(15)31-17(12)20(29)27-8-6-13(7-9-27)18(28)25-11-14-3-2-10-30-14/h2-5,10,13H,6-9,11H2,1H3,(H,25,28). The summed E-state index contributed by atoms with van der Waals surface area (Å²) in [5.74, 6) is 0.163. The van der Waals surface area contributed by atoms with Crippen LogP contribution in [0.15, 0.2) is 34.9 Å². The summed E-state index contributed by atoms with van der Waals surface area (Å²) >= 11 is 0.978. The highest BCUT2D eigenvalue weighted by Gasteiger charge is 2.34. The number of amides is 2. The predicted molar refractivity (Wildman–Crippen MR) is 109 cm³/mol. The number of fused-ring (bicyclic) bond motifs is 1. The highest BCUT2D eigenvalue weighted by molar-refractivity contribution is 7.20. The maximum Gasteiger partial charge on any atom is 0.433 e. The molecule has 31 heavy (non-hydrogen) atoms. The number of halogens is 3. The second-order valence-electron chi connectivity index (χ2n) is 7.47. The van der Waals surface area contributed by atoms with E-state index in [2.05, 4.69) is 10.3 Å². The van der Waals surface area contributed by atoms with E-state index in [4.69, 9.17) is 4.42 Å². The lowest BCUT2D eigenvalue weighted by molar-refractivity contribution is -0.141. The first kappa shape index (κ1) is 21.4. The first-order valence-electron chi connectivity index (χ1n) is 9.80. The Morgan fingerprint density at radius 1 is 1.26 bits per heavy atom. The SMILES string of the molecule is Cc1c(C(=O)N2CCC(C(=O)NCc3ccco3)CC2)sc2nc(C(F)(F)F)ccc12. The molecule has 164 valence electrons. The summed E-state index contributed by atoms with van der Waals surface area (Å²) in [7, 11) is 0. The monoisotopic (exact) mass is 451 g/mol. The van der Waals surface area contributed by atoms with Crippen LogP contribution in [0.4, 0.5) is 13.2 Å². The minimum Gasteiger partial charge on any atom is -0.467 e. The Hall–Kier alpha value is -2.88. The van der Waals surface area contributed by atoms with Crippen LogP contribution < -0.4 is 5.32 Å². The molecule has 2 amide bonds. The van der Waals surface area contributed by atoms with E-state index in [0.29, 0.717) is 54.1 Å². The van der Waals surface area contributed by atoms with Gasteiger partial charge >= 0.3 is 6.18 Å². The molecule has 0 radical (unpaired) electrons. The molecule has 1 saturated heterocycles. The van der Waals surface area contributed by atoms with Crippen LogP contribution >= 0.6 is 11.3 Å². The van der Waals surface area contributed by atoms with Crippen molar-refractivity contribution in [2.45, 2.75) is 32.5 Å². The van der Waals surface area contributed by atoms with Crippen molar-refractivity contribution in [1.29, 1.82) is 0 Å². The zero-order valence-corrected chi connectivity index (χ0v) is 17.5. The molecule has 0 saturated carbocycles. The van der Waals surface area contributed by atoms with Crippen molar-refractivity contribution in [3.63, 3.8) is 0 Å². The largest absolute Gasteiger partial charge is 0.467 e. The van der Waals surface area contributed by atoms with Gasteiger partial charge in [0.1, 0.15) is 16.3 Å². The molecule has 3 aromatic heterocycles. The van der Waals surface area contributed by atoms with Gasteiger partial charge in [-0.25, -0.2) is 4.98 Å². The van der Waals surface area contributed by atoms with Crippen molar-refractivity contribution < 1.29 is 27.2 Å². The molecule has 4 heterocycles. The summed E-state index contributed by atoms with van der Waals surface area (Å²) in [5.41, 5.74) is -0.342. The molecule has 0 atom stereocenters. The van der Waals surface area contributed by atoms with Crippen LogP contribution in [-0.2, 0) is 17.5 Å². The summed E-state index contributed by atoms with van der Waals surface area (Å²) in [6, 6.07) is 5.83. The van der Waals surface area contributed by atoms with E-state index in [-0.39, 0.29) is 22.6 Å². The fourth-order valence-corrected chi connectivity index (χ4v) is 4.83. The number of carbonyl (C=O) groups excluding carboxylic acids is 2. The molecule has 3 aromatic rings. The van der Waals surface area contributed by atoms with Gasteiger partial charge in [0.05, 0.1) is 17.7 Å². The number of nitrogens with zero attached hydrogens (tertiary/aromatic N) is 2. The molecule has 0 unspecified atom stereocenters. The van der Waals surface area contributed by atoms with E-state index in [1.807, 2.05) is 0 Å². The third-order valence-electron chi connectivity index (χ3n) is 5.46. The van der Waals surface area contributed by atoms with Crippen LogP contribution in [0.2, 0.25) is 0 Å². The third-order valence-corrected chi connectivity index (χ3v) is 6.65. The van der Waals surface area contributed by atoms with E-state index < -0.39 is 11.9 Å². The highest BCUT2D eigenvalue weighted by atomic mass is 32.1. The summed E-state index contributed by atoms with van der Waals surface area (Å²) in [4.78, 5) is 31.3. The minimum absolute atomic E-state index is 0.0783. The molecule has 4 rings (SSSR count). The third kappa shape index (κ3) is 4.43.